The van der Waals surface area contributed by atoms with Gasteiger partial charge in [-0.05, 0) is 25.7 Å². The van der Waals surface area contributed by atoms with E-state index in [-0.39, 0.29) is 24.5 Å². The number of nitrogens with zero attached hydrogens (tertiary/aromatic N) is 1. The number of nitrogens with one attached hydrogen (secondary N) is 1. The smallest absolute Gasteiger partial charge is 0.219 e. The van der Waals surface area contributed by atoms with Crippen molar-refractivity contribution >= 4 is 20.0 Å². The van der Waals surface area contributed by atoms with Crippen molar-refractivity contribution in [3.8, 4) is 0 Å². The van der Waals surface area contributed by atoms with E-state index in [1.807, 2.05) is 0 Å². The summed E-state index contributed by atoms with van der Waals surface area (Å²) in [5.41, 5.74) is 0. The van der Waals surface area contributed by atoms with Crippen molar-refractivity contribution in [3.05, 3.63) is 0 Å². The van der Waals surface area contributed by atoms with Crippen LogP contribution in [0.15, 0.2) is 0 Å². The molecule has 0 spiro atoms. The Labute approximate surface area is 119 Å². The first kappa shape index (κ1) is 14.7. The molecule has 2 heterocycles. The van der Waals surface area contributed by atoms with E-state index in [0.29, 0.717) is 25.9 Å². The Morgan fingerprint density at radius 3 is 1.95 bits per heavy atom. The number of sulfonamides is 2. The molecule has 1 saturated carbocycles. The van der Waals surface area contributed by atoms with Gasteiger partial charge in [0.15, 0.2) is 0 Å². The molecule has 3 fully saturated rings. The molecule has 116 valence electrons. The van der Waals surface area contributed by atoms with Crippen LogP contribution in [0.25, 0.3) is 0 Å². The molecule has 2 saturated heterocycles. The lowest BCUT2D eigenvalue weighted by atomic mass is 10.1. The highest BCUT2D eigenvalue weighted by Gasteiger charge is 2.42. The third-order valence-corrected chi connectivity index (χ3v) is 8.35. The quantitative estimate of drug-likeness (QED) is 0.719. The first-order chi connectivity index (χ1) is 9.39. The summed E-state index contributed by atoms with van der Waals surface area (Å²) in [5, 5.41) is -0.640. The summed E-state index contributed by atoms with van der Waals surface area (Å²) in [5.74, 6) is 0. The van der Waals surface area contributed by atoms with Crippen molar-refractivity contribution in [2.45, 2.75) is 42.2 Å². The molecule has 1 N–H and O–H groups in total. The van der Waals surface area contributed by atoms with Gasteiger partial charge in [0.2, 0.25) is 20.0 Å². The van der Waals surface area contributed by atoms with Crippen LogP contribution in [-0.2, 0) is 24.8 Å². The normalized spacial score (nSPS) is 27.4. The highest BCUT2D eigenvalue weighted by Crippen LogP contribution is 2.32. The number of ether oxygens (including phenoxy) is 1. The molecule has 9 heteroatoms. The third kappa shape index (κ3) is 2.87. The molecule has 0 aromatic rings. The predicted octanol–water partition coefficient (Wildman–Crippen LogP) is -0.739. The zero-order chi connectivity index (χ0) is 14.4. The van der Waals surface area contributed by atoms with Gasteiger partial charge < -0.3 is 4.74 Å². The summed E-state index contributed by atoms with van der Waals surface area (Å²) in [6.45, 7) is 1.33. The van der Waals surface area contributed by atoms with Crippen LogP contribution in [-0.4, -0.2) is 64.0 Å². The van der Waals surface area contributed by atoms with Crippen LogP contribution in [0, 0.1) is 0 Å². The zero-order valence-electron chi connectivity index (χ0n) is 11.2. The van der Waals surface area contributed by atoms with Crippen molar-refractivity contribution in [2.75, 3.05) is 26.3 Å². The van der Waals surface area contributed by atoms with Crippen molar-refractivity contribution < 1.29 is 21.6 Å². The van der Waals surface area contributed by atoms with E-state index in [2.05, 4.69) is 4.72 Å². The molecule has 0 bridgehead atoms. The molecule has 0 unspecified atom stereocenters. The fourth-order valence-corrected chi connectivity index (χ4v) is 5.84. The summed E-state index contributed by atoms with van der Waals surface area (Å²) < 4.78 is 57.2. The van der Waals surface area contributed by atoms with Crippen molar-refractivity contribution in [2.24, 2.45) is 0 Å². The topological polar surface area (TPSA) is 92.8 Å². The summed E-state index contributed by atoms with van der Waals surface area (Å²) in [7, 11) is -6.45. The Morgan fingerprint density at radius 2 is 1.50 bits per heavy atom. The Hall–Kier alpha value is -0.220. The van der Waals surface area contributed by atoms with Crippen molar-refractivity contribution in [1.82, 2.24) is 9.03 Å². The molecular weight excluding hydrogens is 304 g/mol. The molecule has 0 aromatic heterocycles. The van der Waals surface area contributed by atoms with Crippen LogP contribution < -0.4 is 4.72 Å². The average Bonchev–Trinajstić information content (AvgIpc) is 3.09. The highest BCUT2D eigenvalue weighted by molar-refractivity contribution is 7.90. The van der Waals surface area contributed by atoms with Crippen molar-refractivity contribution in [3.63, 3.8) is 0 Å². The summed E-state index contributed by atoms with van der Waals surface area (Å²) in [4.78, 5) is 0. The second kappa shape index (κ2) is 5.20. The first-order valence-corrected chi connectivity index (χ1v) is 10.0. The van der Waals surface area contributed by atoms with Crippen LogP contribution in [0.2, 0.25) is 0 Å². The standard InChI is InChI=1S/C11H20N2O5S2/c14-19(15,11-7-18-8-11)12-9-3-5-13(6-4-9)20(16,17)10-1-2-10/h9-12H,1-8H2. The highest BCUT2D eigenvalue weighted by atomic mass is 32.2. The summed E-state index contributed by atoms with van der Waals surface area (Å²) in [6.07, 6.45) is 2.60. The lowest BCUT2D eigenvalue weighted by molar-refractivity contribution is 0.0409. The monoisotopic (exact) mass is 324 g/mol. The minimum Gasteiger partial charge on any atom is -0.378 e. The largest absolute Gasteiger partial charge is 0.378 e. The SMILES string of the molecule is O=S(=O)(NC1CCN(S(=O)(=O)C2CC2)CC1)C1COC1. The fraction of sp³-hybridized carbons (Fsp3) is 1.00. The van der Waals surface area contributed by atoms with Gasteiger partial charge in [-0.25, -0.2) is 25.9 Å². The zero-order valence-corrected chi connectivity index (χ0v) is 12.8. The Morgan fingerprint density at radius 1 is 0.900 bits per heavy atom. The lowest BCUT2D eigenvalue weighted by Crippen LogP contribution is -2.52. The van der Waals surface area contributed by atoms with Crippen LogP contribution in [0.3, 0.4) is 0 Å². The average molecular weight is 324 g/mol. The van der Waals surface area contributed by atoms with Crippen molar-refractivity contribution in [1.29, 1.82) is 0 Å². The molecular formula is C11H20N2O5S2. The van der Waals surface area contributed by atoms with E-state index in [9.17, 15) is 16.8 Å². The predicted molar refractivity (Wildman–Crippen MR) is 73.2 cm³/mol. The van der Waals surface area contributed by atoms with Crippen LogP contribution in [0.4, 0.5) is 0 Å². The van der Waals surface area contributed by atoms with E-state index in [1.165, 1.54) is 4.31 Å². The maximum Gasteiger partial charge on any atom is 0.219 e. The maximum absolute atomic E-state index is 12.1. The molecule has 3 rings (SSSR count). The Balaban J connectivity index is 1.53. The van der Waals surface area contributed by atoms with Crippen LogP contribution in [0.5, 0.6) is 0 Å². The third-order valence-electron chi connectivity index (χ3n) is 4.14. The minimum absolute atomic E-state index is 0.161. The van der Waals surface area contributed by atoms with Gasteiger partial charge in [0.1, 0.15) is 5.25 Å². The molecule has 20 heavy (non-hydrogen) atoms. The molecule has 1 aliphatic carbocycles. The maximum atomic E-state index is 12.1. The van der Waals surface area contributed by atoms with Gasteiger partial charge in [-0.2, -0.15) is 0 Å². The number of hydrogen-bond acceptors (Lipinski definition) is 5. The number of hydrogen-bond donors (Lipinski definition) is 1. The van der Waals surface area contributed by atoms with Crippen LogP contribution >= 0.6 is 0 Å². The van der Waals surface area contributed by atoms with Gasteiger partial charge in [0, 0.05) is 19.1 Å². The van der Waals surface area contributed by atoms with Gasteiger partial charge in [0.05, 0.1) is 18.5 Å². The van der Waals surface area contributed by atoms with Gasteiger partial charge in [-0.1, -0.05) is 0 Å². The Kier molecular flexibility index (Phi) is 3.83. The number of piperidine rings is 1. The van der Waals surface area contributed by atoms with E-state index < -0.39 is 25.3 Å². The van der Waals surface area contributed by atoms with Gasteiger partial charge in [0.25, 0.3) is 0 Å². The molecule has 0 amide bonds. The number of rotatable bonds is 5. The second-order valence-corrected chi connectivity index (χ2v) is 9.95. The molecule has 0 aromatic carbocycles. The van der Waals surface area contributed by atoms with E-state index in [0.717, 1.165) is 12.8 Å². The van der Waals surface area contributed by atoms with Gasteiger partial charge >= 0.3 is 0 Å². The van der Waals surface area contributed by atoms with E-state index in [4.69, 9.17) is 4.74 Å². The second-order valence-electron chi connectivity index (χ2n) is 5.74. The molecule has 7 nitrogen and oxygen atoms in total. The molecule has 0 atom stereocenters. The summed E-state index contributed by atoms with van der Waals surface area (Å²) >= 11 is 0. The first-order valence-electron chi connectivity index (χ1n) is 6.97. The molecule has 2 aliphatic heterocycles. The Bertz CT molecular complexity index is 558. The van der Waals surface area contributed by atoms with Gasteiger partial charge in [-0.3, -0.25) is 0 Å². The lowest BCUT2D eigenvalue weighted by Gasteiger charge is -2.33. The molecule has 0 radical (unpaired) electrons. The summed E-state index contributed by atoms with van der Waals surface area (Å²) in [6, 6.07) is -0.161. The van der Waals surface area contributed by atoms with Crippen LogP contribution in [0.1, 0.15) is 25.7 Å². The fourth-order valence-electron chi connectivity index (χ4n) is 2.53. The molecule has 3 aliphatic rings. The van der Waals surface area contributed by atoms with Gasteiger partial charge in [-0.15, -0.1) is 0 Å². The van der Waals surface area contributed by atoms with E-state index >= 15 is 0 Å². The minimum atomic E-state index is -3.32. The van der Waals surface area contributed by atoms with E-state index in [1.54, 1.807) is 0 Å².